The lowest BCUT2D eigenvalue weighted by molar-refractivity contribution is 0.171. The number of likely N-dealkylation sites (tertiary alicyclic amines) is 2. The highest BCUT2D eigenvalue weighted by atomic mass is 15.1. The molecule has 0 spiro atoms. The summed E-state index contributed by atoms with van der Waals surface area (Å²) in [6.45, 7) is 12.2. The Labute approximate surface area is 115 Å². The average Bonchev–Trinajstić information content (AvgIpc) is 2.29. The molecule has 2 fully saturated rings. The maximum absolute atomic E-state index is 2.43. The van der Waals surface area contributed by atoms with E-state index >= 15 is 0 Å². The Morgan fingerprint density at radius 1 is 0.889 bits per heavy atom. The molecule has 0 aromatic rings. The molecule has 0 saturated carbocycles. The summed E-state index contributed by atoms with van der Waals surface area (Å²) in [5.74, 6) is 2.86. The van der Waals surface area contributed by atoms with Crippen LogP contribution in [0.25, 0.3) is 0 Å². The van der Waals surface area contributed by atoms with Gasteiger partial charge in [-0.05, 0) is 64.2 Å². The molecule has 0 aliphatic carbocycles. The lowest BCUT2D eigenvalue weighted by atomic mass is 9.92. The van der Waals surface area contributed by atoms with E-state index < -0.39 is 0 Å². The van der Waals surface area contributed by atoms with Gasteiger partial charge in [0.2, 0.25) is 0 Å². The van der Waals surface area contributed by atoms with Crippen molar-refractivity contribution in [2.75, 3.05) is 40.3 Å². The van der Waals surface area contributed by atoms with Gasteiger partial charge in [-0.3, -0.25) is 0 Å². The molecule has 2 aliphatic heterocycles. The molecule has 0 bridgehead atoms. The molecule has 2 unspecified atom stereocenters. The first-order valence-corrected chi connectivity index (χ1v) is 7.88. The van der Waals surface area contributed by atoms with E-state index in [9.17, 15) is 0 Å². The van der Waals surface area contributed by atoms with Crippen LogP contribution in [0.15, 0.2) is 0 Å². The molecule has 0 aromatic heterocycles. The Balaban J connectivity index is 0.000000180. The molecule has 0 N–H and O–H groups in total. The molecule has 2 heteroatoms. The number of piperidine rings is 2. The predicted octanol–water partition coefficient (Wildman–Crippen LogP) is 3.33. The molecular weight excluding hydrogens is 220 g/mol. The molecule has 2 heterocycles. The Morgan fingerprint density at radius 3 is 1.78 bits per heavy atom. The lowest BCUT2D eigenvalue weighted by Crippen LogP contribution is -2.35. The van der Waals surface area contributed by atoms with E-state index in [1.165, 1.54) is 51.9 Å². The number of hydrogen-bond donors (Lipinski definition) is 0. The lowest BCUT2D eigenvalue weighted by Gasteiger charge is -2.31. The van der Waals surface area contributed by atoms with Gasteiger partial charge < -0.3 is 9.80 Å². The highest BCUT2D eigenvalue weighted by Gasteiger charge is 2.18. The average molecular weight is 254 g/mol. The summed E-state index contributed by atoms with van der Waals surface area (Å²) in [6, 6.07) is 0. The Kier molecular flexibility index (Phi) is 7.25. The summed E-state index contributed by atoms with van der Waals surface area (Å²) in [5, 5.41) is 0. The minimum Gasteiger partial charge on any atom is -0.306 e. The Morgan fingerprint density at radius 2 is 1.39 bits per heavy atom. The molecule has 2 rings (SSSR count). The van der Waals surface area contributed by atoms with E-state index in [2.05, 4.69) is 44.7 Å². The fourth-order valence-corrected chi connectivity index (χ4v) is 3.44. The van der Waals surface area contributed by atoms with Gasteiger partial charge in [-0.2, -0.15) is 0 Å². The molecule has 0 radical (unpaired) electrons. The SMILES string of the molecule is CC1CC(C)CN(C)C1.CCC1CCN(C)CC1. The summed E-state index contributed by atoms with van der Waals surface area (Å²) in [4.78, 5) is 4.85. The second kappa shape index (κ2) is 8.16. The van der Waals surface area contributed by atoms with Crippen LogP contribution in [-0.2, 0) is 0 Å². The fourth-order valence-electron chi connectivity index (χ4n) is 3.44. The second-order valence-electron chi connectivity index (χ2n) is 6.82. The minimum atomic E-state index is 0.916. The maximum atomic E-state index is 2.43. The quantitative estimate of drug-likeness (QED) is 0.708. The summed E-state index contributed by atoms with van der Waals surface area (Å²) in [5.41, 5.74) is 0. The molecule has 0 amide bonds. The molecular formula is C16H34N2. The molecule has 0 aromatic carbocycles. The van der Waals surface area contributed by atoms with Crippen LogP contribution in [0.2, 0.25) is 0 Å². The monoisotopic (exact) mass is 254 g/mol. The van der Waals surface area contributed by atoms with Gasteiger partial charge in [0.25, 0.3) is 0 Å². The summed E-state index contributed by atoms with van der Waals surface area (Å²) >= 11 is 0. The molecule has 2 nitrogen and oxygen atoms in total. The van der Waals surface area contributed by atoms with Crippen LogP contribution >= 0.6 is 0 Å². The van der Waals surface area contributed by atoms with E-state index in [0.717, 1.165) is 17.8 Å². The third-order valence-corrected chi connectivity index (χ3v) is 4.47. The van der Waals surface area contributed by atoms with Gasteiger partial charge in [0.15, 0.2) is 0 Å². The second-order valence-corrected chi connectivity index (χ2v) is 6.82. The van der Waals surface area contributed by atoms with Gasteiger partial charge in [0.1, 0.15) is 0 Å². The number of hydrogen-bond acceptors (Lipinski definition) is 2. The van der Waals surface area contributed by atoms with Gasteiger partial charge in [-0.1, -0.05) is 27.2 Å². The largest absolute Gasteiger partial charge is 0.306 e. The van der Waals surface area contributed by atoms with Gasteiger partial charge in [0.05, 0.1) is 0 Å². The highest BCUT2D eigenvalue weighted by Crippen LogP contribution is 2.19. The van der Waals surface area contributed by atoms with Crippen LogP contribution in [0, 0.1) is 17.8 Å². The molecule has 18 heavy (non-hydrogen) atoms. The predicted molar refractivity (Wildman–Crippen MR) is 81.0 cm³/mol. The smallest absolute Gasteiger partial charge is 0.000419 e. The van der Waals surface area contributed by atoms with Gasteiger partial charge >= 0.3 is 0 Å². The van der Waals surface area contributed by atoms with Crippen molar-refractivity contribution < 1.29 is 0 Å². The Bertz CT molecular complexity index is 184. The van der Waals surface area contributed by atoms with Gasteiger partial charge in [-0.25, -0.2) is 0 Å². The van der Waals surface area contributed by atoms with Crippen molar-refractivity contribution in [3.63, 3.8) is 0 Å². The zero-order valence-corrected chi connectivity index (χ0v) is 13.3. The first-order valence-electron chi connectivity index (χ1n) is 7.88. The van der Waals surface area contributed by atoms with Crippen LogP contribution < -0.4 is 0 Å². The summed E-state index contributed by atoms with van der Waals surface area (Å²) < 4.78 is 0. The van der Waals surface area contributed by atoms with Crippen LogP contribution in [0.3, 0.4) is 0 Å². The third-order valence-electron chi connectivity index (χ3n) is 4.47. The third kappa shape index (κ3) is 6.19. The van der Waals surface area contributed by atoms with Crippen molar-refractivity contribution in [3.05, 3.63) is 0 Å². The standard InChI is InChI=1S/2C8H17N/c1-7-4-8(2)6-9(3)5-7;1-3-8-4-6-9(2)7-5-8/h7-8H,4-6H2,1-3H3;8H,3-7H2,1-2H3. The van der Waals surface area contributed by atoms with Crippen molar-refractivity contribution in [2.24, 2.45) is 17.8 Å². The summed E-state index contributed by atoms with van der Waals surface area (Å²) in [6.07, 6.45) is 5.65. The molecule has 108 valence electrons. The van der Waals surface area contributed by atoms with E-state index in [-0.39, 0.29) is 0 Å². The highest BCUT2D eigenvalue weighted by molar-refractivity contribution is 4.71. The van der Waals surface area contributed by atoms with Crippen LogP contribution in [-0.4, -0.2) is 50.1 Å². The van der Waals surface area contributed by atoms with Crippen molar-refractivity contribution in [1.29, 1.82) is 0 Å². The van der Waals surface area contributed by atoms with Crippen LogP contribution in [0.5, 0.6) is 0 Å². The van der Waals surface area contributed by atoms with Crippen LogP contribution in [0.4, 0.5) is 0 Å². The zero-order chi connectivity index (χ0) is 13.5. The van der Waals surface area contributed by atoms with E-state index in [4.69, 9.17) is 0 Å². The molecule has 2 saturated heterocycles. The van der Waals surface area contributed by atoms with Crippen LogP contribution in [0.1, 0.15) is 46.5 Å². The molecule has 2 aliphatic rings. The van der Waals surface area contributed by atoms with E-state index in [1.54, 1.807) is 0 Å². The van der Waals surface area contributed by atoms with Gasteiger partial charge in [0, 0.05) is 13.1 Å². The van der Waals surface area contributed by atoms with Crippen molar-refractivity contribution in [3.8, 4) is 0 Å². The van der Waals surface area contributed by atoms with Crippen molar-refractivity contribution in [2.45, 2.75) is 46.5 Å². The number of rotatable bonds is 1. The van der Waals surface area contributed by atoms with E-state index in [0.29, 0.717) is 0 Å². The summed E-state index contributed by atoms with van der Waals surface area (Å²) in [7, 11) is 4.43. The van der Waals surface area contributed by atoms with Crippen molar-refractivity contribution in [1.82, 2.24) is 9.80 Å². The Hall–Kier alpha value is -0.0800. The topological polar surface area (TPSA) is 6.48 Å². The number of nitrogens with zero attached hydrogens (tertiary/aromatic N) is 2. The van der Waals surface area contributed by atoms with E-state index in [1.807, 2.05) is 0 Å². The van der Waals surface area contributed by atoms with Crippen molar-refractivity contribution >= 4 is 0 Å². The molecule has 2 atom stereocenters. The van der Waals surface area contributed by atoms with Gasteiger partial charge in [-0.15, -0.1) is 0 Å². The maximum Gasteiger partial charge on any atom is 0.000419 e. The normalized spacial score (nSPS) is 31.8. The first-order chi connectivity index (χ1) is 8.51. The minimum absolute atomic E-state index is 0.916. The zero-order valence-electron chi connectivity index (χ0n) is 13.3. The fraction of sp³-hybridized carbons (Fsp3) is 1.00. The first kappa shape index (κ1) is 16.0.